The Hall–Kier alpha value is -2.08. The molecule has 2 saturated heterocycles. The van der Waals surface area contributed by atoms with Gasteiger partial charge >= 0.3 is 0 Å². The number of ether oxygens (including phenoxy) is 1. The summed E-state index contributed by atoms with van der Waals surface area (Å²) in [7, 11) is 0. The molecule has 0 spiro atoms. The topological polar surface area (TPSA) is 39.2 Å². The minimum Gasteiger partial charge on any atom is -0.491 e. The van der Waals surface area contributed by atoms with Crippen molar-refractivity contribution in [2.24, 2.45) is 0 Å². The lowest BCUT2D eigenvalue weighted by Gasteiger charge is -2.44. The van der Waals surface area contributed by atoms with Gasteiger partial charge in [0.15, 0.2) is 0 Å². The number of nitrogens with zero attached hydrogens (tertiary/aromatic N) is 3. The summed E-state index contributed by atoms with van der Waals surface area (Å²) >= 11 is 0. The highest BCUT2D eigenvalue weighted by molar-refractivity contribution is 5.53. The van der Waals surface area contributed by atoms with Crippen LogP contribution in [0.2, 0.25) is 0 Å². The predicted molar refractivity (Wildman–Crippen MR) is 122 cm³/mol. The highest BCUT2D eigenvalue weighted by Crippen LogP contribution is 2.25. The van der Waals surface area contributed by atoms with Crippen LogP contribution in [0.5, 0.6) is 5.75 Å². The number of aryl methyl sites for hydroxylation is 1. The maximum absolute atomic E-state index is 9.08. The molecule has 0 amide bonds. The number of anilines is 1. The van der Waals surface area contributed by atoms with Crippen LogP contribution in [0.15, 0.2) is 48.5 Å². The van der Waals surface area contributed by atoms with Crippen LogP contribution in [-0.2, 0) is 6.54 Å². The third-order valence-corrected chi connectivity index (χ3v) is 6.48. The number of rotatable bonds is 7. The number of likely N-dealkylation sites (tertiary alicyclic amines) is 1. The Morgan fingerprint density at radius 2 is 1.73 bits per heavy atom. The molecule has 0 radical (unpaired) electrons. The predicted octanol–water partition coefficient (Wildman–Crippen LogP) is 3.15. The van der Waals surface area contributed by atoms with E-state index in [0.717, 1.165) is 51.6 Å². The number of aliphatic hydroxyl groups excluding tert-OH is 1. The molecule has 4 rings (SSSR count). The van der Waals surface area contributed by atoms with E-state index in [1.54, 1.807) is 0 Å². The first kappa shape index (κ1) is 21.2. The van der Waals surface area contributed by atoms with E-state index in [9.17, 15) is 0 Å². The summed E-state index contributed by atoms with van der Waals surface area (Å²) in [6, 6.07) is 17.6. The van der Waals surface area contributed by atoms with Crippen molar-refractivity contribution in [2.75, 3.05) is 57.4 Å². The summed E-state index contributed by atoms with van der Waals surface area (Å²) < 4.78 is 5.74. The van der Waals surface area contributed by atoms with E-state index in [-0.39, 0.29) is 6.61 Å². The molecule has 1 N–H and O–H groups in total. The first-order chi connectivity index (χ1) is 14.7. The molecule has 1 atom stereocenters. The van der Waals surface area contributed by atoms with E-state index >= 15 is 0 Å². The largest absolute Gasteiger partial charge is 0.491 e. The molecule has 0 saturated carbocycles. The molecule has 0 bridgehead atoms. The van der Waals surface area contributed by atoms with E-state index in [1.165, 1.54) is 29.7 Å². The van der Waals surface area contributed by atoms with Crippen LogP contribution in [0.3, 0.4) is 0 Å². The fourth-order valence-corrected chi connectivity index (χ4v) is 4.89. The Morgan fingerprint density at radius 3 is 2.53 bits per heavy atom. The second-order valence-corrected chi connectivity index (χ2v) is 8.52. The van der Waals surface area contributed by atoms with Crippen LogP contribution in [0.4, 0.5) is 5.69 Å². The zero-order valence-electron chi connectivity index (χ0n) is 18.2. The Balaban J connectivity index is 1.32. The molecule has 5 heteroatoms. The minimum absolute atomic E-state index is 0.0502. The Labute approximate surface area is 180 Å². The Bertz CT molecular complexity index is 804. The van der Waals surface area contributed by atoms with Crippen LogP contribution in [0.1, 0.15) is 24.0 Å². The molecule has 1 unspecified atom stereocenters. The van der Waals surface area contributed by atoms with Crippen molar-refractivity contribution in [3.05, 3.63) is 59.7 Å². The first-order valence-corrected chi connectivity index (χ1v) is 11.3. The van der Waals surface area contributed by atoms with Gasteiger partial charge in [-0.3, -0.25) is 9.80 Å². The molecule has 2 fully saturated rings. The molecule has 2 aliphatic heterocycles. The average Bonchev–Trinajstić information content (AvgIpc) is 2.79. The number of aliphatic hydroxyl groups is 1. The highest BCUT2D eigenvalue weighted by Gasteiger charge is 2.28. The van der Waals surface area contributed by atoms with Gasteiger partial charge in [0, 0.05) is 56.6 Å². The van der Waals surface area contributed by atoms with Gasteiger partial charge in [-0.25, -0.2) is 0 Å². The molecule has 162 valence electrons. The summed E-state index contributed by atoms with van der Waals surface area (Å²) in [4.78, 5) is 7.82. The normalized spacial score (nSPS) is 21.0. The number of hydrogen-bond donors (Lipinski definition) is 1. The summed E-state index contributed by atoms with van der Waals surface area (Å²) in [5.74, 6) is 0.903. The molecule has 2 heterocycles. The molecule has 0 aromatic heterocycles. The fourth-order valence-electron chi connectivity index (χ4n) is 4.89. The Morgan fingerprint density at radius 1 is 0.967 bits per heavy atom. The van der Waals surface area contributed by atoms with Gasteiger partial charge in [0.25, 0.3) is 0 Å². The van der Waals surface area contributed by atoms with Crippen molar-refractivity contribution in [1.29, 1.82) is 0 Å². The van der Waals surface area contributed by atoms with Gasteiger partial charge in [-0.05, 0) is 44.0 Å². The number of hydrogen-bond acceptors (Lipinski definition) is 5. The SMILES string of the molecule is Cc1ccccc1N1CCN(C2CCCN(Cc3ccccc3OCCO)C2)CC1. The van der Waals surface area contributed by atoms with Crippen molar-refractivity contribution in [2.45, 2.75) is 32.4 Å². The van der Waals surface area contributed by atoms with Crippen molar-refractivity contribution in [3.63, 3.8) is 0 Å². The van der Waals surface area contributed by atoms with E-state index in [0.29, 0.717) is 12.6 Å². The van der Waals surface area contributed by atoms with Gasteiger partial charge in [0.05, 0.1) is 6.61 Å². The number of piperidine rings is 1. The molecule has 30 heavy (non-hydrogen) atoms. The molecule has 2 aromatic rings. The molecule has 2 aromatic carbocycles. The lowest BCUT2D eigenvalue weighted by Crippen LogP contribution is -2.55. The van der Waals surface area contributed by atoms with Crippen LogP contribution < -0.4 is 9.64 Å². The maximum Gasteiger partial charge on any atom is 0.123 e. The second-order valence-electron chi connectivity index (χ2n) is 8.52. The molecular formula is C25H35N3O2. The van der Waals surface area contributed by atoms with E-state index in [4.69, 9.17) is 9.84 Å². The smallest absolute Gasteiger partial charge is 0.123 e. The van der Waals surface area contributed by atoms with Crippen LogP contribution >= 0.6 is 0 Å². The molecule has 2 aliphatic rings. The van der Waals surface area contributed by atoms with Crippen molar-refractivity contribution in [3.8, 4) is 5.75 Å². The third-order valence-electron chi connectivity index (χ3n) is 6.48. The van der Waals surface area contributed by atoms with E-state index in [1.807, 2.05) is 12.1 Å². The second kappa shape index (κ2) is 10.3. The average molecular weight is 410 g/mol. The third kappa shape index (κ3) is 5.15. The van der Waals surface area contributed by atoms with Gasteiger partial charge in [-0.2, -0.15) is 0 Å². The first-order valence-electron chi connectivity index (χ1n) is 11.3. The van der Waals surface area contributed by atoms with Gasteiger partial charge in [-0.15, -0.1) is 0 Å². The fraction of sp³-hybridized carbons (Fsp3) is 0.520. The zero-order valence-corrected chi connectivity index (χ0v) is 18.2. The van der Waals surface area contributed by atoms with Crippen LogP contribution in [0.25, 0.3) is 0 Å². The lowest BCUT2D eigenvalue weighted by atomic mass is 10.0. The van der Waals surface area contributed by atoms with Gasteiger partial charge in [0.2, 0.25) is 0 Å². The van der Waals surface area contributed by atoms with Gasteiger partial charge < -0.3 is 14.7 Å². The maximum atomic E-state index is 9.08. The summed E-state index contributed by atoms with van der Waals surface area (Å²) in [6.45, 7) is 10.3. The lowest BCUT2D eigenvalue weighted by molar-refractivity contribution is 0.0880. The van der Waals surface area contributed by atoms with E-state index in [2.05, 4.69) is 58.0 Å². The zero-order chi connectivity index (χ0) is 20.8. The van der Waals surface area contributed by atoms with Gasteiger partial charge in [-0.1, -0.05) is 36.4 Å². The van der Waals surface area contributed by atoms with Gasteiger partial charge in [0.1, 0.15) is 12.4 Å². The van der Waals surface area contributed by atoms with Crippen LogP contribution in [0, 0.1) is 6.92 Å². The molecule has 0 aliphatic carbocycles. The quantitative estimate of drug-likeness (QED) is 0.761. The Kier molecular flexibility index (Phi) is 7.26. The summed E-state index contributed by atoms with van der Waals surface area (Å²) in [5, 5.41) is 9.08. The van der Waals surface area contributed by atoms with Crippen molar-refractivity contribution >= 4 is 5.69 Å². The minimum atomic E-state index is 0.0502. The summed E-state index contributed by atoms with van der Waals surface area (Å²) in [6.07, 6.45) is 2.55. The highest BCUT2D eigenvalue weighted by atomic mass is 16.5. The molecule has 5 nitrogen and oxygen atoms in total. The van der Waals surface area contributed by atoms with Crippen molar-refractivity contribution in [1.82, 2.24) is 9.80 Å². The monoisotopic (exact) mass is 409 g/mol. The standard InChI is InChI=1S/C25H35N3O2/c1-21-7-2-4-10-24(21)28-15-13-27(14-16-28)23-9-6-12-26(20-23)19-22-8-3-5-11-25(22)30-18-17-29/h2-5,7-8,10-11,23,29H,6,9,12-20H2,1H3. The van der Waals surface area contributed by atoms with E-state index < -0.39 is 0 Å². The number of para-hydroxylation sites is 2. The van der Waals surface area contributed by atoms with Crippen molar-refractivity contribution < 1.29 is 9.84 Å². The summed E-state index contributed by atoms with van der Waals surface area (Å²) in [5.41, 5.74) is 3.98. The number of piperazine rings is 1. The van der Waals surface area contributed by atoms with Crippen LogP contribution in [-0.4, -0.2) is 73.4 Å². The number of benzene rings is 2. The molecular weight excluding hydrogens is 374 g/mol.